The van der Waals surface area contributed by atoms with E-state index in [0.29, 0.717) is 5.95 Å². The zero-order chi connectivity index (χ0) is 23.5. The lowest BCUT2D eigenvalue weighted by molar-refractivity contribution is 0.122. The van der Waals surface area contributed by atoms with Crippen molar-refractivity contribution in [3.8, 4) is 11.3 Å². The van der Waals surface area contributed by atoms with Crippen molar-refractivity contribution >= 4 is 28.6 Å². The van der Waals surface area contributed by atoms with E-state index < -0.39 is 0 Å². The number of aromatic amines is 1. The number of piperazine rings is 1. The molecular formula is C25H29N9O. The second kappa shape index (κ2) is 9.95. The Morgan fingerprint density at radius 3 is 2.71 bits per heavy atom. The van der Waals surface area contributed by atoms with Crippen LogP contribution in [0.3, 0.4) is 0 Å². The van der Waals surface area contributed by atoms with Gasteiger partial charge in [0.05, 0.1) is 29.9 Å². The van der Waals surface area contributed by atoms with E-state index in [2.05, 4.69) is 58.6 Å². The molecule has 5 heterocycles. The number of anilines is 3. The number of morpholine rings is 1. The number of nitrogens with one attached hydrogen (secondary N) is 3. The van der Waals surface area contributed by atoms with Gasteiger partial charge in [0.2, 0.25) is 5.95 Å². The van der Waals surface area contributed by atoms with Crippen molar-refractivity contribution in [2.45, 2.75) is 6.54 Å². The molecule has 0 aliphatic carbocycles. The molecule has 0 spiro atoms. The third kappa shape index (κ3) is 5.09. The lowest BCUT2D eigenvalue weighted by Gasteiger charge is -2.27. The first-order valence-electron chi connectivity index (χ1n) is 12.1. The molecule has 1 aromatic carbocycles. The van der Waals surface area contributed by atoms with E-state index in [0.717, 1.165) is 93.0 Å². The molecule has 180 valence electrons. The van der Waals surface area contributed by atoms with Crippen molar-refractivity contribution in [2.24, 2.45) is 0 Å². The Morgan fingerprint density at radius 1 is 0.943 bits per heavy atom. The summed E-state index contributed by atoms with van der Waals surface area (Å²) in [5.74, 6) is 2.38. The number of fused-ring (bicyclic) bond motifs is 1. The standard InChI is InChI=1S/C25H29N9O/c1-2-20-22(14-19(1)21-15-24(29-17-28-21)34-9-11-35-12-10-34)31-25(30-20)32-23-13-18(3-4-27-23)16-33-7-5-26-6-8-33/h1-4,13-15,17,26H,5-12,16H2,(H2,27,30,31,32). The molecular weight excluding hydrogens is 442 g/mol. The van der Waals surface area contributed by atoms with Gasteiger partial charge < -0.3 is 25.3 Å². The summed E-state index contributed by atoms with van der Waals surface area (Å²) in [6.45, 7) is 8.28. The number of ether oxygens (including phenoxy) is 1. The van der Waals surface area contributed by atoms with Crippen molar-refractivity contribution in [3.05, 3.63) is 54.5 Å². The van der Waals surface area contributed by atoms with E-state index in [-0.39, 0.29) is 0 Å². The summed E-state index contributed by atoms with van der Waals surface area (Å²) in [4.78, 5) is 26.2. The summed E-state index contributed by atoms with van der Waals surface area (Å²) in [6.07, 6.45) is 3.48. The molecule has 35 heavy (non-hydrogen) atoms. The fraction of sp³-hybridized carbons (Fsp3) is 0.360. The highest BCUT2D eigenvalue weighted by molar-refractivity contribution is 5.83. The molecule has 2 aliphatic heterocycles. The average molecular weight is 472 g/mol. The topological polar surface area (TPSA) is 107 Å². The number of hydrogen-bond acceptors (Lipinski definition) is 9. The van der Waals surface area contributed by atoms with E-state index in [9.17, 15) is 0 Å². The van der Waals surface area contributed by atoms with Crippen molar-refractivity contribution < 1.29 is 4.74 Å². The maximum absolute atomic E-state index is 5.46. The van der Waals surface area contributed by atoms with Crippen LogP contribution in [-0.2, 0) is 11.3 Å². The third-order valence-electron chi connectivity index (χ3n) is 6.45. The minimum Gasteiger partial charge on any atom is -0.378 e. The molecule has 10 heteroatoms. The van der Waals surface area contributed by atoms with Gasteiger partial charge in [-0.3, -0.25) is 4.90 Å². The second-order valence-electron chi connectivity index (χ2n) is 8.88. The Morgan fingerprint density at radius 2 is 1.83 bits per heavy atom. The Labute approximate surface area is 203 Å². The molecule has 0 radical (unpaired) electrons. The maximum atomic E-state index is 5.46. The SMILES string of the molecule is c1cc(CN2CCNCC2)cc(Nc2nc3ccc(-c4cc(N5CCOCC5)ncn4)cc3[nH]2)n1. The monoisotopic (exact) mass is 471 g/mol. The first-order valence-corrected chi connectivity index (χ1v) is 12.1. The van der Waals surface area contributed by atoms with E-state index >= 15 is 0 Å². The van der Waals surface area contributed by atoms with Gasteiger partial charge in [-0.2, -0.15) is 0 Å². The molecule has 3 N–H and O–H groups in total. The van der Waals surface area contributed by atoms with Gasteiger partial charge in [-0.15, -0.1) is 0 Å². The van der Waals surface area contributed by atoms with Gasteiger partial charge in [0.25, 0.3) is 0 Å². The molecule has 0 atom stereocenters. The van der Waals surface area contributed by atoms with Gasteiger partial charge in [0, 0.05) is 63.6 Å². The zero-order valence-corrected chi connectivity index (χ0v) is 19.6. The first-order chi connectivity index (χ1) is 17.3. The smallest absolute Gasteiger partial charge is 0.206 e. The van der Waals surface area contributed by atoms with Crippen LogP contribution in [0.2, 0.25) is 0 Å². The summed E-state index contributed by atoms with van der Waals surface area (Å²) < 4.78 is 5.46. The molecule has 2 fully saturated rings. The normalized spacial score (nSPS) is 17.1. The van der Waals surface area contributed by atoms with E-state index in [1.165, 1.54) is 5.56 Å². The van der Waals surface area contributed by atoms with Gasteiger partial charge >= 0.3 is 0 Å². The number of H-pyrrole nitrogens is 1. The maximum Gasteiger partial charge on any atom is 0.206 e. The van der Waals surface area contributed by atoms with Gasteiger partial charge in [0.1, 0.15) is 18.0 Å². The Balaban J connectivity index is 1.19. The molecule has 0 amide bonds. The molecule has 2 aliphatic rings. The van der Waals surface area contributed by atoms with Crippen LogP contribution in [0.15, 0.2) is 48.9 Å². The molecule has 10 nitrogen and oxygen atoms in total. The number of pyridine rings is 1. The quantitative estimate of drug-likeness (QED) is 0.391. The average Bonchev–Trinajstić information content (AvgIpc) is 3.31. The molecule has 0 unspecified atom stereocenters. The summed E-state index contributed by atoms with van der Waals surface area (Å²) in [5, 5.41) is 6.73. The summed E-state index contributed by atoms with van der Waals surface area (Å²) in [6, 6.07) is 12.3. The van der Waals surface area contributed by atoms with Crippen LogP contribution >= 0.6 is 0 Å². The number of hydrogen-bond donors (Lipinski definition) is 3. The highest BCUT2D eigenvalue weighted by Crippen LogP contribution is 2.26. The van der Waals surface area contributed by atoms with Crippen molar-refractivity contribution in [1.82, 2.24) is 35.1 Å². The Bertz CT molecular complexity index is 1300. The Hall–Kier alpha value is -3.60. The molecule has 0 saturated carbocycles. The van der Waals surface area contributed by atoms with Crippen LogP contribution in [0.5, 0.6) is 0 Å². The summed E-state index contributed by atoms with van der Waals surface area (Å²) >= 11 is 0. The fourth-order valence-electron chi connectivity index (χ4n) is 4.59. The predicted octanol–water partition coefficient (Wildman–Crippen LogP) is 2.40. The van der Waals surface area contributed by atoms with E-state index in [1.54, 1.807) is 6.33 Å². The van der Waals surface area contributed by atoms with E-state index in [4.69, 9.17) is 9.72 Å². The van der Waals surface area contributed by atoms with Crippen molar-refractivity contribution in [1.29, 1.82) is 0 Å². The number of benzene rings is 1. The third-order valence-corrected chi connectivity index (χ3v) is 6.45. The van der Waals surface area contributed by atoms with E-state index in [1.807, 2.05) is 24.4 Å². The molecule has 6 rings (SSSR count). The number of aromatic nitrogens is 5. The molecule has 3 aromatic heterocycles. The fourth-order valence-corrected chi connectivity index (χ4v) is 4.59. The Kier molecular flexibility index (Phi) is 6.22. The van der Waals surface area contributed by atoms with Gasteiger partial charge in [0.15, 0.2) is 0 Å². The van der Waals surface area contributed by atoms with Crippen molar-refractivity contribution in [3.63, 3.8) is 0 Å². The predicted molar refractivity (Wildman–Crippen MR) is 136 cm³/mol. The second-order valence-corrected chi connectivity index (χ2v) is 8.88. The number of nitrogens with zero attached hydrogens (tertiary/aromatic N) is 6. The van der Waals surface area contributed by atoms with Crippen LogP contribution < -0.4 is 15.5 Å². The van der Waals surface area contributed by atoms with Crippen LogP contribution in [0, 0.1) is 0 Å². The van der Waals surface area contributed by atoms with Crippen LogP contribution in [-0.4, -0.2) is 82.3 Å². The van der Waals surface area contributed by atoms with Crippen molar-refractivity contribution in [2.75, 3.05) is 62.7 Å². The molecule has 4 aromatic rings. The van der Waals surface area contributed by atoms with Crippen LogP contribution in [0.25, 0.3) is 22.3 Å². The van der Waals surface area contributed by atoms with Gasteiger partial charge in [-0.05, 0) is 29.8 Å². The largest absolute Gasteiger partial charge is 0.378 e. The number of rotatable bonds is 6. The van der Waals surface area contributed by atoms with Crippen LogP contribution in [0.1, 0.15) is 5.56 Å². The van der Waals surface area contributed by atoms with Crippen LogP contribution in [0.4, 0.5) is 17.6 Å². The van der Waals surface area contributed by atoms with Gasteiger partial charge in [-0.25, -0.2) is 19.9 Å². The minimum absolute atomic E-state index is 0.667. The number of imidazole rings is 1. The zero-order valence-electron chi connectivity index (χ0n) is 19.6. The summed E-state index contributed by atoms with van der Waals surface area (Å²) in [5.41, 5.74) is 4.96. The molecule has 0 bridgehead atoms. The lowest BCUT2D eigenvalue weighted by atomic mass is 10.1. The first kappa shape index (κ1) is 21.9. The highest BCUT2D eigenvalue weighted by Gasteiger charge is 2.15. The highest BCUT2D eigenvalue weighted by atomic mass is 16.5. The summed E-state index contributed by atoms with van der Waals surface area (Å²) in [7, 11) is 0. The lowest BCUT2D eigenvalue weighted by Crippen LogP contribution is -2.42. The van der Waals surface area contributed by atoms with Gasteiger partial charge in [-0.1, -0.05) is 6.07 Å². The minimum atomic E-state index is 0.667. The molecule has 2 saturated heterocycles.